The van der Waals surface area contributed by atoms with Gasteiger partial charge in [-0.2, -0.15) is 12.6 Å². The van der Waals surface area contributed by atoms with Crippen molar-refractivity contribution in [2.24, 2.45) is 11.7 Å². The van der Waals surface area contributed by atoms with Crippen molar-refractivity contribution in [3.63, 3.8) is 0 Å². The number of rotatable bonds is 5. The molecule has 3 N–H and O–H groups in total. The second kappa shape index (κ2) is 5.76. The molecule has 1 fully saturated rings. The predicted octanol–water partition coefficient (Wildman–Crippen LogP) is 1.25. The van der Waals surface area contributed by atoms with Crippen molar-refractivity contribution in [3.8, 4) is 0 Å². The zero-order valence-electron chi connectivity index (χ0n) is 10.5. The third kappa shape index (κ3) is 3.63. The van der Waals surface area contributed by atoms with Crippen LogP contribution in [0.15, 0.2) is 0 Å². The van der Waals surface area contributed by atoms with Crippen LogP contribution in [0.3, 0.4) is 0 Å². The lowest BCUT2D eigenvalue weighted by molar-refractivity contribution is -0.131. The molecule has 1 rings (SSSR count). The SMILES string of the molecule is CC(C)CC(S)C(=O)NC1(C(N)=O)CCCC1. The third-order valence-electron chi connectivity index (χ3n) is 3.29. The maximum atomic E-state index is 11.9. The Morgan fingerprint density at radius 1 is 1.35 bits per heavy atom. The van der Waals surface area contributed by atoms with Crippen molar-refractivity contribution in [1.82, 2.24) is 5.32 Å². The van der Waals surface area contributed by atoms with Crippen LogP contribution in [0.2, 0.25) is 0 Å². The molecule has 0 spiro atoms. The Hall–Kier alpha value is -0.710. The van der Waals surface area contributed by atoms with Gasteiger partial charge in [0.1, 0.15) is 5.54 Å². The summed E-state index contributed by atoms with van der Waals surface area (Å²) in [4.78, 5) is 23.4. The molecule has 0 radical (unpaired) electrons. The molecular weight excluding hydrogens is 236 g/mol. The summed E-state index contributed by atoms with van der Waals surface area (Å²) in [7, 11) is 0. The zero-order chi connectivity index (χ0) is 13.1. The molecule has 1 atom stereocenters. The van der Waals surface area contributed by atoms with Gasteiger partial charge in [0, 0.05) is 0 Å². The fourth-order valence-corrected chi connectivity index (χ4v) is 2.77. The highest BCUT2D eigenvalue weighted by atomic mass is 32.1. The minimum Gasteiger partial charge on any atom is -0.368 e. The minimum absolute atomic E-state index is 0.178. The number of primary amides is 1. The fourth-order valence-electron chi connectivity index (χ4n) is 2.28. The van der Waals surface area contributed by atoms with E-state index in [0.717, 1.165) is 12.8 Å². The Morgan fingerprint density at radius 3 is 2.29 bits per heavy atom. The van der Waals surface area contributed by atoms with Crippen LogP contribution in [-0.4, -0.2) is 22.6 Å². The summed E-state index contributed by atoms with van der Waals surface area (Å²) in [6.07, 6.45) is 3.87. The van der Waals surface area contributed by atoms with E-state index >= 15 is 0 Å². The van der Waals surface area contributed by atoms with Gasteiger partial charge in [0.2, 0.25) is 11.8 Å². The van der Waals surface area contributed by atoms with Crippen LogP contribution in [0, 0.1) is 5.92 Å². The van der Waals surface area contributed by atoms with Gasteiger partial charge < -0.3 is 11.1 Å². The summed E-state index contributed by atoms with van der Waals surface area (Å²) in [5.41, 5.74) is 4.58. The number of nitrogens with two attached hydrogens (primary N) is 1. The highest BCUT2D eigenvalue weighted by molar-refractivity contribution is 7.81. The number of carbonyl (C=O) groups is 2. The highest BCUT2D eigenvalue weighted by Crippen LogP contribution is 2.29. The average Bonchev–Trinajstić information content (AvgIpc) is 2.66. The molecule has 2 amide bonds. The molecule has 0 aromatic carbocycles. The first-order chi connectivity index (χ1) is 7.87. The summed E-state index contributed by atoms with van der Waals surface area (Å²) in [6.45, 7) is 4.08. The Morgan fingerprint density at radius 2 is 1.88 bits per heavy atom. The Kier molecular flexibility index (Phi) is 4.86. The van der Waals surface area contributed by atoms with Crippen LogP contribution in [0.1, 0.15) is 46.0 Å². The van der Waals surface area contributed by atoms with E-state index < -0.39 is 11.4 Å². The number of nitrogens with one attached hydrogen (secondary N) is 1. The Balaban J connectivity index is 2.62. The molecule has 0 bridgehead atoms. The molecule has 1 unspecified atom stereocenters. The van der Waals surface area contributed by atoms with E-state index in [9.17, 15) is 9.59 Å². The Bertz CT molecular complexity index is 299. The van der Waals surface area contributed by atoms with Gasteiger partial charge in [-0.1, -0.05) is 26.7 Å². The van der Waals surface area contributed by atoms with E-state index in [2.05, 4.69) is 17.9 Å². The molecule has 1 aliphatic carbocycles. The molecule has 0 aromatic rings. The molecule has 0 aliphatic heterocycles. The molecule has 98 valence electrons. The van der Waals surface area contributed by atoms with E-state index in [-0.39, 0.29) is 11.2 Å². The van der Waals surface area contributed by atoms with Crippen LogP contribution in [0.5, 0.6) is 0 Å². The Labute approximate surface area is 108 Å². The van der Waals surface area contributed by atoms with Gasteiger partial charge >= 0.3 is 0 Å². The second-order valence-corrected chi connectivity index (χ2v) is 5.91. The van der Waals surface area contributed by atoms with Gasteiger partial charge in [0.05, 0.1) is 5.25 Å². The summed E-state index contributed by atoms with van der Waals surface area (Å²) >= 11 is 4.28. The highest BCUT2D eigenvalue weighted by Gasteiger charge is 2.41. The van der Waals surface area contributed by atoms with Crippen LogP contribution >= 0.6 is 12.6 Å². The molecule has 0 saturated heterocycles. The largest absolute Gasteiger partial charge is 0.368 e. The number of thiol groups is 1. The minimum atomic E-state index is -0.824. The van der Waals surface area contributed by atoms with E-state index in [1.54, 1.807) is 0 Å². The molecule has 4 nitrogen and oxygen atoms in total. The van der Waals surface area contributed by atoms with Crippen molar-refractivity contribution in [1.29, 1.82) is 0 Å². The number of hydrogen-bond acceptors (Lipinski definition) is 3. The molecule has 0 heterocycles. The maximum absolute atomic E-state index is 11.9. The zero-order valence-corrected chi connectivity index (χ0v) is 11.4. The second-order valence-electron chi connectivity index (χ2n) is 5.29. The standard InChI is InChI=1S/C12H22N2O2S/c1-8(2)7-9(17)10(15)14-12(11(13)16)5-3-4-6-12/h8-9,17H,3-7H2,1-2H3,(H2,13,16)(H,14,15). The lowest BCUT2D eigenvalue weighted by Gasteiger charge is -2.28. The molecular formula is C12H22N2O2S. The topological polar surface area (TPSA) is 72.2 Å². The monoisotopic (exact) mass is 258 g/mol. The molecule has 1 saturated carbocycles. The van der Waals surface area contributed by atoms with E-state index in [4.69, 9.17) is 5.73 Å². The first kappa shape index (κ1) is 14.4. The fraction of sp³-hybridized carbons (Fsp3) is 0.833. The normalized spacial score (nSPS) is 20.2. The first-order valence-electron chi connectivity index (χ1n) is 6.17. The lowest BCUT2D eigenvalue weighted by atomic mass is 9.96. The number of amides is 2. The van der Waals surface area contributed by atoms with Gasteiger partial charge in [0.15, 0.2) is 0 Å². The molecule has 1 aliphatic rings. The average molecular weight is 258 g/mol. The third-order valence-corrected chi connectivity index (χ3v) is 3.73. The van der Waals surface area contributed by atoms with Crippen molar-refractivity contribution in [2.75, 3.05) is 0 Å². The number of carbonyl (C=O) groups excluding carboxylic acids is 2. The van der Waals surface area contributed by atoms with Gasteiger partial charge in [-0.3, -0.25) is 9.59 Å². The summed E-state index contributed by atoms with van der Waals surface area (Å²) < 4.78 is 0. The van der Waals surface area contributed by atoms with Crippen molar-refractivity contribution < 1.29 is 9.59 Å². The molecule has 0 aromatic heterocycles. The molecule has 5 heteroatoms. The van der Waals surface area contributed by atoms with Crippen molar-refractivity contribution >= 4 is 24.4 Å². The van der Waals surface area contributed by atoms with Gasteiger partial charge in [-0.05, 0) is 25.2 Å². The quantitative estimate of drug-likeness (QED) is 0.649. The maximum Gasteiger partial charge on any atom is 0.243 e. The van der Waals surface area contributed by atoms with Crippen LogP contribution in [0.25, 0.3) is 0 Å². The van der Waals surface area contributed by atoms with Crippen LogP contribution in [0.4, 0.5) is 0 Å². The smallest absolute Gasteiger partial charge is 0.243 e. The van der Waals surface area contributed by atoms with E-state index in [0.29, 0.717) is 25.2 Å². The summed E-state index contributed by atoms with van der Waals surface area (Å²) in [6, 6.07) is 0. The van der Waals surface area contributed by atoms with Crippen molar-refractivity contribution in [2.45, 2.75) is 56.7 Å². The van der Waals surface area contributed by atoms with Crippen LogP contribution < -0.4 is 11.1 Å². The molecule has 17 heavy (non-hydrogen) atoms. The van der Waals surface area contributed by atoms with E-state index in [1.165, 1.54) is 0 Å². The van der Waals surface area contributed by atoms with Crippen LogP contribution in [-0.2, 0) is 9.59 Å². The van der Waals surface area contributed by atoms with Gasteiger partial charge in [-0.15, -0.1) is 0 Å². The summed E-state index contributed by atoms with van der Waals surface area (Å²) in [5, 5.41) is 2.44. The van der Waals surface area contributed by atoms with Gasteiger partial charge in [0.25, 0.3) is 0 Å². The lowest BCUT2D eigenvalue weighted by Crippen LogP contribution is -2.57. The first-order valence-corrected chi connectivity index (χ1v) is 6.69. The number of hydrogen-bond donors (Lipinski definition) is 3. The van der Waals surface area contributed by atoms with Gasteiger partial charge in [-0.25, -0.2) is 0 Å². The van der Waals surface area contributed by atoms with E-state index in [1.807, 2.05) is 13.8 Å². The summed E-state index contributed by atoms with van der Waals surface area (Å²) in [5.74, 6) is -0.201. The van der Waals surface area contributed by atoms with Crippen molar-refractivity contribution in [3.05, 3.63) is 0 Å². The predicted molar refractivity (Wildman–Crippen MR) is 70.8 cm³/mol.